The largest absolute Gasteiger partial charge is 0.377 e. The number of nitrogens with zero attached hydrogens (tertiary/aromatic N) is 2. The standard InChI is InChI=1S/C30H29FN4O2/c31-26-4-2-1-3-24(26)28(18-5-6-18)32-30(36)20-9-14-27-25(15-20)29(34-33-27)19-7-10-21(11-8-19)35-22-12-13-23(35)17-37-16-22/h1-4,7-11,14-15,18,22-23,28H,5-6,12-13,16-17H2,(H,32,36)(H,33,34)/t22-,23+,28?. The maximum atomic E-state index is 14.5. The summed E-state index contributed by atoms with van der Waals surface area (Å²) < 4.78 is 20.2. The van der Waals surface area contributed by atoms with Crippen LogP contribution in [0.5, 0.6) is 0 Å². The highest BCUT2D eigenvalue weighted by Gasteiger charge is 2.37. The Hall–Kier alpha value is -3.71. The molecule has 0 radical (unpaired) electrons. The van der Waals surface area contributed by atoms with E-state index < -0.39 is 0 Å². The minimum atomic E-state index is -0.323. The Balaban J connectivity index is 1.15. The monoisotopic (exact) mass is 496 g/mol. The molecule has 3 heterocycles. The van der Waals surface area contributed by atoms with Gasteiger partial charge in [-0.3, -0.25) is 9.89 Å². The van der Waals surface area contributed by atoms with Crippen LogP contribution in [0.15, 0.2) is 66.7 Å². The Morgan fingerprint density at radius 2 is 1.76 bits per heavy atom. The number of amides is 1. The Morgan fingerprint density at radius 3 is 2.49 bits per heavy atom. The first kappa shape index (κ1) is 22.5. The van der Waals surface area contributed by atoms with Gasteiger partial charge in [0.25, 0.3) is 5.91 Å². The average Bonchev–Trinajstić information content (AvgIpc) is 3.63. The van der Waals surface area contributed by atoms with Crippen molar-refractivity contribution in [3.63, 3.8) is 0 Å². The summed E-state index contributed by atoms with van der Waals surface area (Å²) in [6, 6.07) is 21.4. The highest BCUT2D eigenvalue weighted by molar-refractivity contribution is 6.01. The topological polar surface area (TPSA) is 70.2 Å². The fraction of sp³-hybridized carbons (Fsp3) is 0.333. The van der Waals surface area contributed by atoms with Crippen LogP contribution in [0, 0.1) is 11.7 Å². The molecule has 3 aromatic carbocycles. The van der Waals surface area contributed by atoms with E-state index in [-0.39, 0.29) is 23.7 Å². The van der Waals surface area contributed by atoms with Gasteiger partial charge in [-0.2, -0.15) is 5.10 Å². The van der Waals surface area contributed by atoms with Gasteiger partial charge >= 0.3 is 0 Å². The zero-order chi connectivity index (χ0) is 24.9. The third-order valence-corrected chi connectivity index (χ3v) is 8.12. The molecule has 7 rings (SSSR count). The molecule has 2 aliphatic heterocycles. The molecule has 1 aliphatic carbocycles. The van der Waals surface area contributed by atoms with Crippen molar-refractivity contribution in [3.8, 4) is 11.3 Å². The lowest BCUT2D eigenvalue weighted by molar-refractivity contribution is 0.0906. The summed E-state index contributed by atoms with van der Waals surface area (Å²) in [5.41, 5.74) is 4.99. The smallest absolute Gasteiger partial charge is 0.251 e. The predicted octanol–water partition coefficient (Wildman–Crippen LogP) is 5.62. The minimum absolute atomic E-state index is 0.202. The molecule has 2 bridgehead atoms. The molecule has 188 valence electrons. The Labute approximate surface area is 214 Å². The minimum Gasteiger partial charge on any atom is -0.377 e. The van der Waals surface area contributed by atoms with E-state index >= 15 is 0 Å². The van der Waals surface area contributed by atoms with Crippen LogP contribution in [0.25, 0.3) is 22.2 Å². The second-order valence-electron chi connectivity index (χ2n) is 10.5. The van der Waals surface area contributed by atoms with Gasteiger partial charge in [-0.1, -0.05) is 30.3 Å². The van der Waals surface area contributed by atoms with Crippen molar-refractivity contribution >= 4 is 22.5 Å². The third kappa shape index (κ3) is 4.07. The van der Waals surface area contributed by atoms with Crippen molar-refractivity contribution in [2.24, 2.45) is 5.92 Å². The number of benzene rings is 3. The van der Waals surface area contributed by atoms with Crippen LogP contribution in [0.3, 0.4) is 0 Å². The van der Waals surface area contributed by atoms with Gasteiger partial charge in [0.15, 0.2) is 0 Å². The molecule has 3 atom stereocenters. The SMILES string of the molecule is O=C(NC(c1ccccc1F)C1CC1)c1ccc2[nH]nc(-c3ccc(N4[C@@H]5CC[C@H]4COC5)cc3)c2c1. The number of ether oxygens (including phenoxy) is 1. The summed E-state index contributed by atoms with van der Waals surface area (Å²) >= 11 is 0. The number of morpholine rings is 1. The van der Waals surface area contributed by atoms with Crippen molar-refractivity contribution in [3.05, 3.63) is 83.7 Å². The molecule has 4 aromatic rings. The number of H-pyrrole nitrogens is 1. The summed E-state index contributed by atoms with van der Waals surface area (Å²) in [4.78, 5) is 15.8. The van der Waals surface area contributed by atoms with Gasteiger partial charge in [-0.15, -0.1) is 0 Å². The van der Waals surface area contributed by atoms with E-state index in [2.05, 4.69) is 44.7 Å². The summed E-state index contributed by atoms with van der Waals surface area (Å²) in [6.45, 7) is 1.59. The van der Waals surface area contributed by atoms with Gasteiger partial charge in [-0.05, 0) is 68.0 Å². The zero-order valence-electron chi connectivity index (χ0n) is 20.5. The van der Waals surface area contributed by atoms with Crippen molar-refractivity contribution in [2.75, 3.05) is 18.1 Å². The van der Waals surface area contributed by atoms with E-state index in [0.717, 1.165) is 48.2 Å². The summed E-state index contributed by atoms with van der Waals surface area (Å²) in [6.07, 6.45) is 4.35. The first-order valence-corrected chi connectivity index (χ1v) is 13.2. The normalized spacial score (nSPS) is 21.8. The number of hydrogen-bond donors (Lipinski definition) is 2. The molecule has 1 aromatic heterocycles. The van der Waals surface area contributed by atoms with Gasteiger partial charge in [0.2, 0.25) is 0 Å². The number of nitrogens with one attached hydrogen (secondary N) is 2. The molecule has 1 saturated carbocycles. The molecule has 2 N–H and O–H groups in total. The van der Waals surface area contributed by atoms with E-state index in [0.29, 0.717) is 23.2 Å². The lowest BCUT2D eigenvalue weighted by Crippen LogP contribution is -2.45. The van der Waals surface area contributed by atoms with E-state index in [9.17, 15) is 9.18 Å². The number of halogens is 1. The molecule has 6 nitrogen and oxygen atoms in total. The number of rotatable bonds is 6. The quantitative estimate of drug-likeness (QED) is 0.364. The van der Waals surface area contributed by atoms with E-state index in [1.54, 1.807) is 18.2 Å². The molecule has 1 unspecified atom stereocenters. The van der Waals surface area contributed by atoms with Crippen molar-refractivity contribution < 1.29 is 13.9 Å². The number of carbonyl (C=O) groups is 1. The number of fused-ring (bicyclic) bond motifs is 3. The highest BCUT2D eigenvalue weighted by atomic mass is 19.1. The third-order valence-electron chi connectivity index (χ3n) is 8.12. The number of aromatic nitrogens is 2. The fourth-order valence-electron chi connectivity index (χ4n) is 6.05. The van der Waals surface area contributed by atoms with E-state index in [1.165, 1.54) is 24.6 Å². The summed E-state index contributed by atoms with van der Waals surface area (Å²) in [7, 11) is 0. The van der Waals surface area contributed by atoms with Crippen LogP contribution in [0.1, 0.15) is 47.6 Å². The van der Waals surface area contributed by atoms with Crippen LogP contribution in [-0.4, -0.2) is 41.4 Å². The molecular formula is C30H29FN4O2. The molecule has 3 aliphatic rings. The Morgan fingerprint density at radius 1 is 1.00 bits per heavy atom. The Kier molecular flexibility index (Phi) is 5.47. The van der Waals surface area contributed by atoms with Crippen LogP contribution in [0.2, 0.25) is 0 Å². The van der Waals surface area contributed by atoms with Crippen molar-refractivity contribution in [1.82, 2.24) is 15.5 Å². The lowest BCUT2D eigenvalue weighted by atomic mass is 10.0. The zero-order valence-corrected chi connectivity index (χ0v) is 20.5. The Bertz CT molecular complexity index is 1450. The molecule has 1 amide bonds. The van der Waals surface area contributed by atoms with E-state index in [4.69, 9.17) is 4.74 Å². The van der Waals surface area contributed by atoms with Gasteiger partial charge in [0, 0.05) is 27.8 Å². The van der Waals surface area contributed by atoms with Crippen LogP contribution in [0.4, 0.5) is 10.1 Å². The number of carbonyl (C=O) groups excluding carboxylic acids is 1. The van der Waals surface area contributed by atoms with Crippen molar-refractivity contribution in [1.29, 1.82) is 0 Å². The fourth-order valence-corrected chi connectivity index (χ4v) is 6.05. The second-order valence-corrected chi connectivity index (χ2v) is 10.5. The van der Waals surface area contributed by atoms with Crippen LogP contribution < -0.4 is 10.2 Å². The molecular weight excluding hydrogens is 467 g/mol. The summed E-state index contributed by atoms with van der Waals surface area (Å²) in [5, 5.41) is 11.7. The van der Waals surface area contributed by atoms with Gasteiger partial charge in [0.05, 0.1) is 42.5 Å². The predicted molar refractivity (Wildman–Crippen MR) is 141 cm³/mol. The van der Waals surface area contributed by atoms with Gasteiger partial charge < -0.3 is 15.0 Å². The number of anilines is 1. The number of aromatic amines is 1. The average molecular weight is 497 g/mol. The highest BCUT2D eigenvalue weighted by Crippen LogP contribution is 2.42. The van der Waals surface area contributed by atoms with E-state index in [1.807, 2.05) is 18.2 Å². The maximum absolute atomic E-state index is 14.5. The van der Waals surface area contributed by atoms with Gasteiger partial charge in [0.1, 0.15) is 5.82 Å². The number of hydrogen-bond acceptors (Lipinski definition) is 4. The first-order chi connectivity index (χ1) is 18.2. The lowest BCUT2D eigenvalue weighted by Gasteiger charge is -2.36. The molecule has 37 heavy (non-hydrogen) atoms. The molecule has 2 saturated heterocycles. The van der Waals surface area contributed by atoms with Crippen LogP contribution >= 0.6 is 0 Å². The molecule has 0 spiro atoms. The molecule has 7 heteroatoms. The van der Waals surface area contributed by atoms with Gasteiger partial charge in [-0.25, -0.2) is 4.39 Å². The second kappa shape index (κ2) is 8.99. The van der Waals surface area contributed by atoms with Crippen molar-refractivity contribution in [2.45, 2.75) is 43.8 Å². The maximum Gasteiger partial charge on any atom is 0.251 e. The first-order valence-electron chi connectivity index (χ1n) is 13.2. The van der Waals surface area contributed by atoms with Crippen LogP contribution in [-0.2, 0) is 4.74 Å². The summed E-state index contributed by atoms with van der Waals surface area (Å²) in [5.74, 6) is -0.206. The molecule has 3 fully saturated rings.